The molecule has 0 aliphatic carbocycles. The van der Waals surface area contributed by atoms with Crippen molar-refractivity contribution < 1.29 is 9.53 Å². The van der Waals surface area contributed by atoms with E-state index in [0.717, 1.165) is 53.9 Å². The number of benzene rings is 1. The van der Waals surface area contributed by atoms with Crippen LogP contribution in [-0.2, 0) is 22.6 Å². The van der Waals surface area contributed by atoms with Crippen LogP contribution < -0.4 is 0 Å². The van der Waals surface area contributed by atoms with E-state index in [1.165, 1.54) is 0 Å². The first-order valence-electron chi connectivity index (χ1n) is 8.30. The molecule has 1 saturated heterocycles. The number of hydrogen-bond donors (Lipinski definition) is 0. The Morgan fingerprint density at radius 3 is 2.87 bits per heavy atom. The number of piperidine rings is 1. The van der Waals surface area contributed by atoms with Crippen molar-refractivity contribution >= 4 is 16.8 Å². The molecular formula is C19H24N2O2. The van der Waals surface area contributed by atoms with E-state index in [9.17, 15) is 4.79 Å². The number of amides is 1. The second-order valence-electron chi connectivity index (χ2n) is 6.51. The number of para-hydroxylation sites is 1. The molecule has 122 valence electrons. The molecule has 1 amide bonds. The van der Waals surface area contributed by atoms with Crippen LogP contribution in [0.1, 0.15) is 30.9 Å². The summed E-state index contributed by atoms with van der Waals surface area (Å²) in [7, 11) is 1.69. The third kappa shape index (κ3) is 3.70. The highest BCUT2D eigenvalue weighted by atomic mass is 16.5. The number of likely N-dealkylation sites (tertiary alicyclic amines) is 1. The molecule has 0 saturated carbocycles. The van der Waals surface area contributed by atoms with Gasteiger partial charge in [-0.1, -0.05) is 25.1 Å². The van der Waals surface area contributed by atoms with Crippen LogP contribution in [0.15, 0.2) is 30.5 Å². The highest BCUT2D eigenvalue weighted by Crippen LogP contribution is 2.20. The van der Waals surface area contributed by atoms with E-state index in [0.29, 0.717) is 13.0 Å². The van der Waals surface area contributed by atoms with Gasteiger partial charge in [-0.3, -0.25) is 9.78 Å². The van der Waals surface area contributed by atoms with Crippen molar-refractivity contribution in [2.75, 3.05) is 20.2 Å². The Labute approximate surface area is 137 Å². The number of carbonyl (C=O) groups is 1. The molecule has 0 radical (unpaired) electrons. The van der Waals surface area contributed by atoms with Gasteiger partial charge in [0.15, 0.2) is 0 Å². The van der Waals surface area contributed by atoms with Gasteiger partial charge in [0.1, 0.15) is 0 Å². The van der Waals surface area contributed by atoms with E-state index in [1.54, 1.807) is 7.11 Å². The summed E-state index contributed by atoms with van der Waals surface area (Å²) in [5, 5.41) is 1.07. The average molecular weight is 312 g/mol. The maximum atomic E-state index is 12.5. The fourth-order valence-corrected chi connectivity index (χ4v) is 3.18. The lowest BCUT2D eigenvalue weighted by atomic mass is 9.98. The number of fused-ring (bicyclic) bond motifs is 1. The number of rotatable bonds is 4. The van der Waals surface area contributed by atoms with Crippen LogP contribution in [0.5, 0.6) is 0 Å². The minimum atomic E-state index is 0.214. The summed E-state index contributed by atoms with van der Waals surface area (Å²) in [5.41, 5.74) is 3.01. The van der Waals surface area contributed by atoms with Gasteiger partial charge < -0.3 is 9.64 Å². The predicted octanol–water partition coefficient (Wildman–Crippen LogP) is 3.18. The van der Waals surface area contributed by atoms with E-state index >= 15 is 0 Å². The number of nitrogens with zero attached hydrogens (tertiary/aromatic N) is 2. The lowest BCUT2D eigenvalue weighted by Crippen LogP contribution is -2.38. The normalized spacial score (nSPS) is 16.0. The summed E-state index contributed by atoms with van der Waals surface area (Å²) in [5.74, 6) is 0.951. The smallest absolute Gasteiger partial charge is 0.227 e. The molecule has 23 heavy (non-hydrogen) atoms. The van der Waals surface area contributed by atoms with Crippen molar-refractivity contribution in [3.8, 4) is 0 Å². The van der Waals surface area contributed by atoms with Gasteiger partial charge in [0, 0.05) is 37.3 Å². The first kappa shape index (κ1) is 15.9. The Morgan fingerprint density at radius 1 is 1.35 bits per heavy atom. The molecule has 1 aliphatic heterocycles. The largest absolute Gasteiger partial charge is 0.380 e. The summed E-state index contributed by atoms with van der Waals surface area (Å²) < 4.78 is 5.22. The van der Waals surface area contributed by atoms with Crippen LogP contribution in [0.2, 0.25) is 0 Å². The fourth-order valence-electron chi connectivity index (χ4n) is 3.18. The Morgan fingerprint density at radius 2 is 2.13 bits per heavy atom. The zero-order chi connectivity index (χ0) is 16.2. The van der Waals surface area contributed by atoms with Crippen LogP contribution in [-0.4, -0.2) is 36.0 Å². The first-order chi connectivity index (χ1) is 11.2. The van der Waals surface area contributed by atoms with Crippen LogP contribution in [0.4, 0.5) is 0 Å². The van der Waals surface area contributed by atoms with E-state index < -0.39 is 0 Å². The molecule has 1 fully saturated rings. The summed E-state index contributed by atoms with van der Waals surface area (Å²) >= 11 is 0. The van der Waals surface area contributed by atoms with Crippen molar-refractivity contribution in [1.82, 2.24) is 9.88 Å². The molecule has 0 N–H and O–H groups in total. The summed E-state index contributed by atoms with van der Waals surface area (Å²) in [6.45, 7) is 4.58. The Bertz CT molecular complexity index is 691. The van der Waals surface area contributed by atoms with Gasteiger partial charge in [0.25, 0.3) is 0 Å². The van der Waals surface area contributed by atoms with Gasteiger partial charge in [-0.25, -0.2) is 0 Å². The number of carbonyl (C=O) groups excluding carboxylic acids is 1. The number of hydrogen-bond acceptors (Lipinski definition) is 3. The number of aromatic nitrogens is 1. The molecular weight excluding hydrogens is 288 g/mol. The third-order valence-electron chi connectivity index (χ3n) is 4.64. The van der Waals surface area contributed by atoms with Crippen LogP contribution in [0.3, 0.4) is 0 Å². The van der Waals surface area contributed by atoms with Gasteiger partial charge in [-0.15, -0.1) is 0 Å². The van der Waals surface area contributed by atoms with E-state index in [-0.39, 0.29) is 5.91 Å². The zero-order valence-electron chi connectivity index (χ0n) is 13.9. The lowest BCUT2D eigenvalue weighted by molar-refractivity contribution is -0.131. The molecule has 0 unspecified atom stereocenters. The molecule has 2 heterocycles. The third-order valence-corrected chi connectivity index (χ3v) is 4.64. The molecule has 1 aromatic heterocycles. The second kappa shape index (κ2) is 7.09. The maximum Gasteiger partial charge on any atom is 0.227 e. The molecule has 0 atom stereocenters. The number of ether oxygens (including phenoxy) is 1. The summed E-state index contributed by atoms with van der Waals surface area (Å²) in [6.07, 6.45) is 4.49. The van der Waals surface area contributed by atoms with Crippen molar-refractivity contribution in [2.24, 2.45) is 5.92 Å². The van der Waals surface area contributed by atoms with Gasteiger partial charge >= 0.3 is 0 Å². The Hall–Kier alpha value is -1.94. The van der Waals surface area contributed by atoms with E-state index in [2.05, 4.69) is 18.0 Å². The van der Waals surface area contributed by atoms with Gasteiger partial charge in [0.05, 0.1) is 18.5 Å². The molecule has 2 aromatic rings. The minimum absolute atomic E-state index is 0.214. The predicted molar refractivity (Wildman–Crippen MR) is 91.1 cm³/mol. The summed E-state index contributed by atoms with van der Waals surface area (Å²) in [4.78, 5) is 19.0. The molecule has 1 aliphatic rings. The molecule has 3 rings (SSSR count). The maximum absolute atomic E-state index is 12.5. The van der Waals surface area contributed by atoms with Crippen LogP contribution in [0.25, 0.3) is 10.9 Å². The van der Waals surface area contributed by atoms with E-state index in [4.69, 9.17) is 4.74 Å². The number of methoxy groups -OCH3 is 1. The quantitative estimate of drug-likeness (QED) is 0.871. The van der Waals surface area contributed by atoms with Crippen molar-refractivity contribution in [3.63, 3.8) is 0 Å². The van der Waals surface area contributed by atoms with Gasteiger partial charge in [-0.05, 0) is 30.4 Å². The molecule has 4 nitrogen and oxygen atoms in total. The fraction of sp³-hybridized carbons (Fsp3) is 0.474. The number of pyridine rings is 1. The topological polar surface area (TPSA) is 42.4 Å². The van der Waals surface area contributed by atoms with Crippen LogP contribution in [0, 0.1) is 5.92 Å². The standard InChI is InChI=1S/C19H24N2O2/c1-14-6-8-21(9-7-14)18(22)11-15-10-16-4-3-5-17(13-23-2)19(16)20-12-15/h3-5,10,12,14H,6-9,11,13H2,1-2H3. The SMILES string of the molecule is COCc1cccc2cc(CC(=O)N3CCC(C)CC3)cnc12. The molecule has 1 aromatic carbocycles. The second-order valence-corrected chi connectivity index (χ2v) is 6.51. The van der Waals surface area contributed by atoms with Crippen molar-refractivity contribution in [2.45, 2.75) is 32.8 Å². The Balaban J connectivity index is 1.74. The zero-order valence-corrected chi connectivity index (χ0v) is 13.9. The lowest BCUT2D eigenvalue weighted by Gasteiger charge is -2.30. The first-order valence-corrected chi connectivity index (χ1v) is 8.30. The monoisotopic (exact) mass is 312 g/mol. The minimum Gasteiger partial charge on any atom is -0.380 e. The average Bonchev–Trinajstić information content (AvgIpc) is 2.56. The summed E-state index contributed by atoms with van der Waals surface area (Å²) in [6, 6.07) is 8.15. The van der Waals surface area contributed by atoms with Gasteiger partial charge in [0.2, 0.25) is 5.91 Å². The van der Waals surface area contributed by atoms with E-state index in [1.807, 2.05) is 29.3 Å². The van der Waals surface area contributed by atoms with Gasteiger partial charge in [-0.2, -0.15) is 0 Å². The van der Waals surface area contributed by atoms with Crippen LogP contribution >= 0.6 is 0 Å². The molecule has 4 heteroatoms. The highest BCUT2D eigenvalue weighted by Gasteiger charge is 2.20. The Kier molecular flexibility index (Phi) is 4.91. The molecule has 0 spiro atoms. The highest BCUT2D eigenvalue weighted by molar-refractivity contribution is 5.84. The molecule has 0 bridgehead atoms. The van der Waals surface area contributed by atoms with Crippen molar-refractivity contribution in [1.29, 1.82) is 0 Å². The van der Waals surface area contributed by atoms with Crippen molar-refractivity contribution in [3.05, 3.63) is 41.6 Å².